The standard InChI is InChI=1S/C23H22ClN3O3/c24-19-7-3-1-5-15(19)17(18-13-25-20-8-4-2-6-16(18)20)14-26-21(28)11-12-27-22(29)9-10-23(27)30/h1-8,13,17,25H,9-12,14H2,(H,26,28)/t17-/m0/s1. The lowest BCUT2D eigenvalue weighted by Gasteiger charge is -2.20. The molecule has 2 aromatic carbocycles. The van der Waals surface area contributed by atoms with Gasteiger partial charge in [-0.15, -0.1) is 0 Å². The molecule has 6 nitrogen and oxygen atoms in total. The number of aromatic amines is 1. The van der Waals surface area contributed by atoms with Crippen molar-refractivity contribution in [3.8, 4) is 0 Å². The third-order valence-corrected chi connectivity index (χ3v) is 5.84. The molecule has 154 valence electrons. The smallest absolute Gasteiger partial charge is 0.229 e. The largest absolute Gasteiger partial charge is 0.361 e. The molecule has 3 amide bonds. The van der Waals surface area contributed by atoms with Crippen molar-refractivity contribution in [2.24, 2.45) is 0 Å². The SMILES string of the molecule is O=C(CCN1C(=O)CCC1=O)NC[C@@H](c1ccccc1Cl)c1c[nH]c2ccccc12. The summed E-state index contributed by atoms with van der Waals surface area (Å²) >= 11 is 6.48. The molecule has 1 aromatic heterocycles. The lowest BCUT2D eigenvalue weighted by Crippen LogP contribution is -2.35. The van der Waals surface area contributed by atoms with E-state index < -0.39 is 0 Å². The maximum absolute atomic E-state index is 12.5. The average Bonchev–Trinajstić information content (AvgIpc) is 3.31. The average molecular weight is 424 g/mol. The van der Waals surface area contributed by atoms with Crippen LogP contribution in [0.2, 0.25) is 5.02 Å². The van der Waals surface area contributed by atoms with Gasteiger partial charge in [0.15, 0.2) is 0 Å². The second-order valence-electron chi connectivity index (χ2n) is 7.36. The number of H-pyrrole nitrogens is 1. The number of aromatic nitrogens is 1. The number of benzene rings is 2. The molecular weight excluding hydrogens is 402 g/mol. The number of nitrogens with zero attached hydrogens (tertiary/aromatic N) is 1. The van der Waals surface area contributed by atoms with E-state index in [1.807, 2.05) is 54.7 Å². The van der Waals surface area contributed by atoms with Gasteiger partial charge >= 0.3 is 0 Å². The Bertz CT molecular complexity index is 1090. The quantitative estimate of drug-likeness (QED) is 0.569. The molecule has 1 aliphatic rings. The Morgan fingerprint density at radius 3 is 2.50 bits per heavy atom. The molecule has 2 heterocycles. The first-order valence-electron chi connectivity index (χ1n) is 9.95. The van der Waals surface area contributed by atoms with Gasteiger partial charge in [0.25, 0.3) is 0 Å². The summed E-state index contributed by atoms with van der Waals surface area (Å²) in [7, 11) is 0. The molecule has 3 aromatic rings. The molecule has 4 rings (SSSR count). The molecule has 0 unspecified atom stereocenters. The molecule has 2 N–H and O–H groups in total. The molecule has 1 aliphatic heterocycles. The number of carbonyl (C=O) groups is 3. The fourth-order valence-corrected chi connectivity index (χ4v) is 4.18. The Morgan fingerprint density at radius 2 is 1.73 bits per heavy atom. The van der Waals surface area contributed by atoms with Gasteiger partial charge in [0.1, 0.15) is 0 Å². The van der Waals surface area contributed by atoms with Gasteiger partial charge in [-0.05, 0) is 23.3 Å². The van der Waals surface area contributed by atoms with Gasteiger partial charge < -0.3 is 10.3 Å². The van der Waals surface area contributed by atoms with Gasteiger partial charge in [0.05, 0.1) is 0 Å². The topological polar surface area (TPSA) is 82.3 Å². The third kappa shape index (κ3) is 4.09. The second kappa shape index (κ2) is 8.71. The Hall–Kier alpha value is -3.12. The van der Waals surface area contributed by atoms with E-state index in [1.54, 1.807) is 0 Å². The van der Waals surface area contributed by atoms with E-state index >= 15 is 0 Å². The van der Waals surface area contributed by atoms with Crippen molar-refractivity contribution in [3.63, 3.8) is 0 Å². The first-order valence-corrected chi connectivity index (χ1v) is 10.3. The summed E-state index contributed by atoms with van der Waals surface area (Å²) in [5.74, 6) is -0.769. The minimum Gasteiger partial charge on any atom is -0.361 e. The van der Waals surface area contributed by atoms with Crippen LogP contribution in [0.25, 0.3) is 10.9 Å². The van der Waals surface area contributed by atoms with E-state index in [0.29, 0.717) is 11.6 Å². The summed E-state index contributed by atoms with van der Waals surface area (Å²) in [5, 5.41) is 4.66. The van der Waals surface area contributed by atoms with Crippen molar-refractivity contribution in [1.82, 2.24) is 15.2 Å². The molecule has 0 radical (unpaired) electrons. The van der Waals surface area contributed by atoms with Crippen LogP contribution in [-0.4, -0.2) is 40.7 Å². The maximum atomic E-state index is 12.5. The van der Waals surface area contributed by atoms with Crippen LogP contribution in [0.4, 0.5) is 0 Å². The molecule has 1 saturated heterocycles. The summed E-state index contributed by atoms with van der Waals surface area (Å²) in [6.45, 7) is 0.472. The third-order valence-electron chi connectivity index (χ3n) is 5.50. The van der Waals surface area contributed by atoms with Gasteiger partial charge in [-0.25, -0.2) is 0 Å². The van der Waals surface area contributed by atoms with Crippen LogP contribution in [0.1, 0.15) is 36.3 Å². The van der Waals surface area contributed by atoms with Crippen LogP contribution in [0.15, 0.2) is 54.7 Å². The zero-order valence-corrected chi connectivity index (χ0v) is 17.1. The summed E-state index contributed by atoms with van der Waals surface area (Å²) in [5.41, 5.74) is 2.99. The van der Waals surface area contributed by atoms with E-state index in [4.69, 9.17) is 11.6 Å². The van der Waals surface area contributed by atoms with Gasteiger partial charge in [-0.1, -0.05) is 48.0 Å². The van der Waals surface area contributed by atoms with Crippen LogP contribution in [0.5, 0.6) is 0 Å². The van der Waals surface area contributed by atoms with Gasteiger partial charge in [-0.2, -0.15) is 0 Å². The van der Waals surface area contributed by atoms with Crippen molar-refractivity contribution < 1.29 is 14.4 Å². The minimum atomic E-state index is -0.209. The highest BCUT2D eigenvalue weighted by atomic mass is 35.5. The van der Waals surface area contributed by atoms with Gasteiger partial charge in [-0.3, -0.25) is 19.3 Å². The molecular formula is C23H22ClN3O3. The number of nitrogens with one attached hydrogen (secondary N) is 2. The van der Waals surface area contributed by atoms with E-state index in [-0.39, 0.29) is 49.4 Å². The Morgan fingerprint density at radius 1 is 1.03 bits per heavy atom. The van der Waals surface area contributed by atoms with E-state index in [9.17, 15) is 14.4 Å². The number of rotatable bonds is 7. The van der Waals surface area contributed by atoms with Gasteiger partial charge in [0.2, 0.25) is 17.7 Å². The lowest BCUT2D eigenvalue weighted by atomic mass is 9.90. The Balaban J connectivity index is 1.51. The van der Waals surface area contributed by atoms with Gasteiger partial charge in [0, 0.05) is 60.4 Å². The zero-order chi connectivity index (χ0) is 21.1. The highest BCUT2D eigenvalue weighted by molar-refractivity contribution is 6.31. The number of amides is 3. The molecule has 30 heavy (non-hydrogen) atoms. The van der Waals surface area contributed by atoms with Crippen molar-refractivity contribution in [1.29, 1.82) is 0 Å². The lowest BCUT2D eigenvalue weighted by molar-refractivity contribution is -0.138. The van der Waals surface area contributed by atoms with Crippen molar-refractivity contribution in [2.45, 2.75) is 25.2 Å². The minimum absolute atomic E-state index is 0.0839. The van der Waals surface area contributed by atoms with Crippen LogP contribution in [0.3, 0.4) is 0 Å². The van der Waals surface area contributed by atoms with Crippen LogP contribution in [0, 0.1) is 0 Å². The first-order chi connectivity index (χ1) is 14.5. The molecule has 0 bridgehead atoms. The molecule has 0 spiro atoms. The fourth-order valence-electron chi connectivity index (χ4n) is 3.92. The summed E-state index contributed by atoms with van der Waals surface area (Å²) in [6, 6.07) is 15.6. The number of fused-ring (bicyclic) bond motifs is 1. The van der Waals surface area contributed by atoms with E-state index in [1.165, 1.54) is 4.90 Å². The normalized spacial score (nSPS) is 15.0. The van der Waals surface area contributed by atoms with Crippen LogP contribution in [-0.2, 0) is 14.4 Å². The van der Waals surface area contributed by atoms with E-state index in [2.05, 4.69) is 10.3 Å². The predicted octanol–water partition coefficient (Wildman–Crippen LogP) is 3.61. The van der Waals surface area contributed by atoms with Crippen LogP contribution < -0.4 is 5.32 Å². The zero-order valence-electron chi connectivity index (χ0n) is 16.4. The Kier molecular flexibility index (Phi) is 5.86. The van der Waals surface area contributed by atoms with Crippen molar-refractivity contribution >= 4 is 40.2 Å². The Labute approximate surface area is 179 Å². The number of halogens is 1. The monoisotopic (exact) mass is 423 g/mol. The maximum Gasteiger partial charge on any atom is 0.229 e. The molecule has 1 atom stereocenters. The van der Waals surface area contributed by atoms with Crippen molar-refractivity contribution in [3.05, 3.63) is 70.9 Å². The highest BCUT2D eigenvalue weighted by Crippen LogP contribution is 2.34. The number of hydrogen-bond donors (Lipinski definition) is 2. The van der Waals surface area contributed by atoms with Crippen LogP contribution >= 0.6 is 11.6 Å². The number of imide groups is 1. The highest BCUT2D eigenvalue weighted by Gasteiger charge is 2.29. The molecule has 0 aliphatic carbocycles. The number of likely N-dealkylation sites (tertiary alicyclic amines) is 1. The van der Waals surface area contributed by atoms with E-state index in [0.717, 1.165) is 22.0 Å². The molecule has 7 heteroatoms. The number of para-hydroxylation sites is 1. The summed E-state index contributed by atoms with van der Waals surface area (Å²) in [4.78, 5) is 40.4. The second-order valence-corrected chi connectivity index (χ2v) is 7.76. The first kappa shape index (κ1) is 20.2. The number of hydrogen-bond acceptors (Lipinski definition) is 3. The molecule has 0 saturated carbocycles. The summed E-state index contributed by atoms with van der Waals surface area (Å²) < 4.78 is 0. The fraction of sp³-hybridized carbons (Fsp3) is 0.261. The summed E-state index contributed by atoms with van der Waals surface area (Å²) in [6.07, 6.45) is 2.50. The predicted molar refractivity (Wildman–Crippen MR) is 115 cm³/mol. The van der Waals surface area contributed by atoms with Crippen molar-refractivity contribution in [2.75, 3.05) is 13.1 Å². The molecule has 1 fully saturated rings. The number of carbonyl (C=O) groups excluding carboxylic acids is 3.